The average molecular weight is 407 g/mol. The van der Waals surface area contributed by atoms with E-state index in [-0.39, 0.29) is 11.8 Å². The molecule has 3 heterocycles. The van der Waals surface area contributed by atoms with Crippen molar-refractivity contribution < 1.29 is 9.59 Å². The second-order valence-electron chi connectivity index (χ2n) is 7.07. The molecule has 29 heavy (non-hydrogen) atoms. The Kier molecular flexibility index (Phi) is 5.67. The summed E-state index contributed by atoms with van der Waals surface area (Å²) in [6.45, 7) is 2.81. The van der Waals surface area contributed by atoms with Crippen LogP contribution >= 0.6 is 11.3 Å². The van der Waals surface area contributed by atoms with Gasteiger partial charge in [-0.25, -0.2) is 4.98 Å². The lowest BCUT2D eigenvalue weighted by atomic mass is 10.1. The van der Waals surface area contributed by atoms with Crippen molar-refractivity contribution in [2.45, 2.75) is 32.4 Å². The molecular weight excluding hydrogens is 384 g/mol. The molecule has 0 saturated carbocycles. The molecule has 2 aromatic heterocycles. The van der Waals surface area contributed by atoms with Gasteiger partial charge < -0.3 is 10.2 Å². The summed E-state index contributed by atoms with van der Waals surface area (Å²) in [6.07, 6.45) is 3.06. The average Bonchev–Trinajstić information content (AvgIpc) is 3.43. The summed E-state index contributed by atoms with van der Waals surface area (Å²) in [5, 5.41) is 5.83. The summed E-state index contributed by atoms with van der Waals surface area (Å²) in [6, 6.07) is 13.1. The number of rotatable bonds is 5. The van der Waals surface area contributed by atoms with E-state index >= 15 is 0 Å². The van der Waals surface area contributed by atoms with Gasteiger partial charge in [-0.1, -0.05) is 30.3 Å². The number of thiazole rings is 1. The van der Waals surface area contributed by atoms with Crippen LogP contribution in [-0.4, -0.2) is 39.3 Å². The van der Waals surface area contributed by atoms with Gasteiger partial charge >= 0.3 is 0 Å². The van der Waals surface area contributed by atoms with Gasteiger partial charge in [-0.15, -0.1) is 11.3 Å². The van der Waals surface area contributed by atoms with Crippen molar-refractivity contribution in [3.05, 3.63) is 71.0 Å². The molecule has 0 bridgehead atoms. The summed E-state index contributed by atoms with van der Waals surface area (Å²) >= 11 is 1.56. The standard InChI is InChI=1S/C22H22N4O2S/c1-15-9-10-17(12-23-15)22(28)26-11-5-8-19(26)20(27)24-13-18-14-29-21(25-18)16-6-3-2-4-7-16/h2-4,6-7,9-10,12,14,19H,5,8,11,13H2,1H3,(H,24,27). The van der Waals surface area contributed by atoms with E-state index in [1.165, 1.54) is 0 Å². The number of likely N-dealkylation sites (tertiary alicyclic amines) is 1. The predicted octanol–water partition coefficient (Wildman–Crippen LogP) is 3.43. The Morgan fingerprint density at radius 2 is 2.03 bits per heavy atom. The Morgan fingerprint density at radius 1 is 1.21 bits per heavy atom. The van der Waals surface area contributed by atoms with Gasteiger partial charge in [-0.2, -0.15) is 0 Å². The minimum atomic E-state index is -0.448. The zero-order valence-corrected chi connectivity index (χ0v) is 17.0. The van der Waals surface area contributed by atoms with Crippen LogP contribution in [0.25, 0.3) is 10.6 Å². The van der Waals surface area contributed by atoms with Crippen molar-refractivity contribution in [3.63, 3.8) is 0 Å². The summed E-state index contributed by atoms with van der Waals surface area (Å²) in [4.78, 5) is 36.0. The van der Waals surface area contributed by atoms with Gasteiger partial charge in [0, 0.05) is 29.4 Å². The monoisotopic (exact) mass is 406 g/mol. The number of aryl methyl sites for hydroxylation is 1. The highest BCUT2D eigenvalue weighted by Gasteiger charge is 2.34. The molecule has 0 spiro atoms. The Balaban J connectivity index is 1.38. The van der Waals surface area contributed by atoms with Gasteiger partial charge in [0.1, 0.15) is 11.0 Å². The predicted molar refractivity (Wildman–Crippen MR) is 112 cm³/mol. The molecule has 2 amide bonds. The molecule has 148 valence electrons. The molecule has 0 aliphatic carbocycles. The van der Waals surface area contributed by atoms with Gasteiger partial charge in [-0.3, -0.25) is 14.6 Å². The lowest BCUT2D eigenvalue weighted by Gasteiger charge is -2.23. The number of pyridine rings is 1. The van der Waals surface area contributed by atoms with Crippen LogP contribution in [-0.2, 0) is 11.3 Å². The van der Waals surface area contributed by atoms with Gasteiger partial charge in [0.15, 0.2) is 0 Å². The first-order valence-corrected chi connectivity index (χ1v) is 10.5. The normalized spacial score (nSPS) is 16.0. The highest BCUT2D eigenvalue weighted by Crippen LogP contribution is 2.24. The molecule has 7 heteroatoms. The summed E-state index contributed by atoms with van der Waals surface area (Å²) in [5.41, 5.74) is 3.26. The van der Waals surface area contributed by atoms with Crippen LogP contribution in [0.4, 0.5) is 0 Å². The smallest absolute Gasteiger partial charge is 0.256 e. The SMILES string of the molecule is Cc1ccc(C(=O)N2CCCC2C(=O)NCc2csc(-c3ccccc3)n2)cn1. The molecule has 1 N–H and O–H groups in total. The molecule has 1 saturated heterocycles. The molecule has 1 unspecified atom stereocenters. The quantitative estimate of drug-likeness (QED) is 0.704. The first kappa shape index (κ1) is 19.3. The van der Waals surface area contributed by atoms with E-state index in [0.29, 0.717) is 25.1 Å². The maximum absolute atomic E-state index is 12.8. The first-order valence-electron chi connectivity index (χ1n) is 9.63. The number of hydrogen-bond acceptors (Lipinski definition) is 5. The number of benzene rings is 1. The molecular formula is C22H22N4O2S. The Bertz CT molecular complexity index is 1000. The Hall–Kier alpha value is -3.06. The van der Waals surface area contributed by atoms with Gasteiger partial charge in [0.25, 0.3) is 5.91 Å². The molecule has 1 atom stereocenters. The van der Waals surface area contributed by atoms with Crippen LogP contribution < -0.4 is 5.32 Å². The molecule has 0 radical (unpaired) electrons. The zero-order chi connectivity index (χ0) is 20.2. The van der Waals surface area contributed by atoms with Crippen LogP contribution in [0.1, 0.15) is 34.6 Å². The molecule has 3 aromatic rings. The number of hydrogen-bond donors (Lipinski definition) is 1. The van der Waals surface area contributed by atoms with Gasteiger partial charge in [-0.05, 0) is 31.9 Å². The summed E-state index contributed by atoms with van der Waals surface area (Å²) in [5.74, 6) is -0.277. The highest BCUT2D eigenvalue weighted by atomic mass is 32.1. The second kappa shape index (κ2) is 8.53. The van der Waals surface area contributed by atoms with E-state index in [1.54, 1.807) is 28.5 Å². The highest BCUT2D eigenvalue weighted by molar-refractivity contribution is 7.13. The zero-order valence-electron chi connectivity index (χ0n) is 16.2. The Labute approximate surface area is 173 Å². The minimum absolute atomic E-state index is 0.134. The minimum Gasteiger partial charge on any atom is -0.349 e. The van der Waals surface area contributed by atoms with E-state index in [9.17, 15) is 9.59 Å². The van der Waals surface area contributed by atoms with Crippen LogP contribution in [0, 0.1) is 6.92 Å². The maximum Gasteiger partial charge on any atom is 0.256 e. The summed E-state index contributed by atoms with van der Waals surface area (Å²) < 4.78 is 0. The fraction of sp³-hybridized carbons (Fsp3) is 0.273. The van der Waals surface area contributed by atoms with E-state index in [1.807, 2.05) is 48.7 Å². The third kappa shape index (κ3) is 4.35. The van der Waals surface area contributed by atoms with Crippen LogP contribution in [0.15, 0.2) is 54.0 Å². The van der Waals surface area contributed by atoms with E-state index in [4.69, 9.17) is 0 Å². The van der Waals surface area contributed by atoms with E-state index in [2.05, 4.69) is 15.3 Å². The maximum atomic E-state index is 12.8. The first-order chi connectivity index (χ1) is 14.1. The molecule has 1 aliphatic heterocycles. The van der Waals surface area contributed by atoms with Crippen molar-refractivity contribution >= 4 is 23.2 Å². The number of nitrogens with zero attached hydrogens (tertiary/aromatic N) is 3. The lowest BCUT2D eigenvalue weighted by molar-refractivity contribution is -0.125. The van der Waals surface area contributed by atoms with Gasteiger partial charge in [0.2, 0.25) is 5.91 Å². The lowest BCUT2D eigenvalue weighted by Crippen LogP contribution is -2.45. The fourth-order valence-electron chi connectivity index (χ4n) is 3.44. The van der Waals surface area contributed by atoms with Crippen molar-refractivity contribution in [1.82, 2.24) is 20.2 Å². The number of carbonyl (C=O) groups excluding carboxylic acids is 2. The fourth-order valence-corrected chi connectivity index (χ4v) is 4.27. The van der Waals surface area contributed by atoms with Crippen LogP contribution in [0.3, 0.4) is 0 Å². The van der Waals surface area contributed by atoms with E-state index < -0.39 is 6.04 Å². The van der Waals surface area contributed by atoms with Crippen LogP contribution in [0.5, 0.6) is 0 Å². The summed E-state index contributed by atoms with van der Waals surface area (Å²) in [7, 11) is 0. The van der Waals surface area contributed by atoms with Crippen molar-refractivity contribution in [2.75, 3.05) is 6.54 Å². The van der Waals surface area contributed by atoms with Crippen molar-refractivity contribution in [3.8, 4) is 10.6 Å². The second-order valence-corrected chi connectivity index (χ2v) is 7.93. The van der Waals surface area contributed by atoms with E-state index in [0.717, 1.165) is 28.4 Å². The molecule has 1 aliphatic rings. The number of carbonyl (C=O) groups is 2. The third-order valence-corrected chi connectivity index (χ3v) is 5.93. The molecule has 1 aromatic carbocycles. The molecule has 1 fully saturated rings. The topological polar surface area (TPSA) is 75.2 Å². The largest absolute Gasteiger partial charge is 0.349 e. The molecule has 4 rings (SSSR count). The Morgan fingerprint density at radius 3 is 2.79 bits per heavy atom. The number of aromatic nitrogens is 2. The van der Waals surface area contributed by atoms with Crippen molar-refractivity contribution in [1.29, 1.82) is 0 Å². The van der Waals surface area contributed by atoms with Crippen LogP contribution in [0.2, 0.25) is 0 Å². The van der Waals surface area contributed by atoms with Gasteiger partial charge in [0.05, 0.1) is 17.8 Å². The third-order valence-electron chi connectivity index (χ3n) is 4.99. The molecule has 6 nitrogen and oxygen atoms in total. The number of nitrogens with one attached hydrogen (secondary N) is 1. The number of amides is 2. The van der Waals surface area contributed by atoms with Crippen molar-refractivity contribution in [2.24, 2.45) is 0 Å².